The summed E-state index contributed by atoms with van der Waals surface area (Å²) in [6.45, 7) is 0. The summed E-state index contributed by atoms with van der Waals surface area (Å²) in [5.41, 5.74) is 0.903. The quantitative estimate of drug-likeness (QED) is 0.215. The minimum atomic E-state index is -0.671. The van der Waals surface area contributed by atoms with E-state index in [-0.39, 0.29) is 22.0 Å². The summed E-state index contributed by atoms with van der Waals surface area (Å²) in [6, 6.07) is 19.6. The fraction of sp³-hybridized carbons (Fsp3) is 0.0417. The van der Waals surface area contributed by atoms with E-state index in [2.05, 4.69) is 5.32 Å². The normalized spacial score (nSPS) is 10.8. The fourth-order valence-corrected chi connectivity index (χ4v) is 3.03. The molecule has 32 heavy (non-hydrogen) atoms. The predicted octanol–water partition coefficient (Wildman–Crippen LogP) is 5.77. The summed E-state index contributed by atoms with van der Waals surface area (Å²) in [7, 11) is 1.44. The molecule has 0 aliphatic rings. The number of benzene rings is 3. The van der Waals surface area contributed by atoms with Gasteiger partial charge < -0.3 is 14.8 Å². The first-order valence-corrected chi connectivity index (χ1v) is 10.0. The van der Waals surface area contributed by atoms with E-state index in [4.69, 9.17) is 32.7 Å². The Kier molecular flexibility index (Phi) is 7.50. The van der Waals surface area contributed by atoms with Crippen LogP contribution in [-0.2, 0) is 4.79 Å². The average Bonchev–Trinajstić information content (AvgIpc) is 2.80. The monoisotopic (exact) mass is 466 g/mol. The van der Waals surface area contributed by atoms with Gasteiger partial charge in [-0.25, -0.2) is 4.79 Å². The third-order valence-corrected chi connectivity index (χ3v) is 4.82. The Morgan fingerprint density at radius 1 is 1.00 bits per heavy atom. The minimum Gasteiger partial charge on any atom is -0.493 e. The first kappa shape index (κ1) is 22.9. The molecule has 0 unspecified atom stereocenters. The van der Waals surface area contributed by atoms with Crippen molar-refractivity contribution in [3.05, 3.63) is 93.5 Å². The molecule has 0 saturated heterocycles. The van der Waals surface area contributed by atoms with E-state index in [1.807, 2.05) is 6.07 Å². The number of hydrogen-bond donors (Lipinski definition) is 1. The standard InChI is InChI=1S/C24H16Cl2N2O4/c1-31-21-10-7-15(12-22(21)32-24(30)16-5-3-2-4-6-16)11-17(14-27)23(29)28-20-13-18(25)8-9-19(20)26/h2-13H,1H3,(H,28,29)/b17-11+. The molecular formula is C24H16Cl2N2O4. The van der Waals surface area contributed by atoms with E-state index in [9.17, 15) is 14.9 Å². The molecule has 0 aliphatic heterocycles. The molecule has 0 saturated carbocycles. The third-order valence-electron chi connectivity index (χ3n) is 4.25. The summed E-state index contributed by atoms with van der Waals surface area (Å²) in [6.07, 6.45) is 1.35. The predicted molar refractivity (Wildman–Crippen MR) is 123 cm³/mol. The molecule has 0 fully saturated rings. The molecule has 0 spiro atoms. The molecule has 0 atom stereocenters. The number of carbonyl (C=O) groups is 2. The molecule has 1 amide bonds. The van der Waals surface area contributed by atoms with Gasteiger partial charge in [0.25, 0.3) is 5.91 Å². The smallest absolute Gasteiger partial charge is 0.343 e. The van der Waals surface area contributed by atoms with Crippen molar-refractivity contribution < 1.29 is 19.1 Å². The van der Waals surface area contributed by atoms with Crippen LogP contribution in [0, 0.1) is 11.3 Å². The van der Waals surface area contributed by atoms with Gasteiger partial charge in [0.15, 0.2) is 11.5 Å². The summed E-state index contributed by atoms with van der Waals surface area (Å²) < 4.78 is 10.7. The lowest BCUT2D eigenvalue weighted by Crippen LogP contribution is -2.13. The van der Waals surface area contributed by atoms with E-state index in [1.54, 1.807) is 48.5 Å². The van der Waals surface area contributed by atoms with Crippen LogP contribution in [0.2, 0.25) is 10.0 Å². The second-order valence-corrected chi connectivity index (χ2v) is 7.26. The number of anilines is 1. The van der Waals surface area contributed by atoms with Crippen LogP contribution in [0.1, 0.15) is 15.9 Å². The van der Waals surface area contributed by atoms with Crippen molar-refractivity contribution in [3.63, 3.8) is 0 Å². The zero-order chi connectivity index (χ0) is 23.1. The number of halogens is 2. The first-order valence-electron chi connectivity index (χ1n) is 9.24. The van der Waals surface area contributed by atoms with E-state index < -0.39 is 11.9 Å². The van der Waals surface area contributed by atoms with Crippen molar-refractivity contribution >= 4 is 46.8 Å². The number of esters is 1. The fourth-order valence-electron chi connectivity index (χ4n) is 2.69. The topological polar surface area (TPSA) is 88.4 Å². The Bertz CT molecular complexity index is 1230. The number of rotatable bonds is 6. The van der Waals surface area contributed by atoms with Crippen LogP contribution >= 0.6 is 23.2 Å². The number of nitriles is 1. The van der Waals surface area contributed by atoms with Gasteiger partial charge in [-0.05, 0) is 54.1 Å². The van der Waals surface area contributed by atoms with Gasteiger partial charge in [-0.2, -0.15) is 5.26 Å². The van der Waals surface area contributed by atoms with Crippen LogP contribution < -0.4 is 14.8 Å². The van der Waals surface area contributed by atoms with Crippen LogP contribution in [0.5, 0.6) is 11.5 Å². The average molecular weight is 467 g/mol. The Labute approximate surface area is 194 Å². The zero-order valence-corrected chi connectivity index (χ0v) is 18.3. The molecule has 3 aromatic rings. The first-order chi connectivity index (χ1) is 15.4. The van der Waals surface area contributed by atoms with Crippen molar-refractivity contribution in [2.24, 2.45) is 0 Å². The number of amides is 1. The van der Waals surface area contributed by atoms with Crippen molar-refractivity contribution in [1.29, 1.82) is 5.26 Å². The maximum absolute atomic E-state index is 12.6. The highest BCUT2D eigenvalue weighted by molar-refractivity contribution is 6.36. The van der Waals surface area contributed by atoms with Crippen LogP contribution in [0.25, 0.3) is 6.08 Å². The van der Waals surface area contributed by atoms with E-state index in [1.165, 1.54) is 31.4 Å². The molecule has 0 aromatic heterocycles. The van der Waals surface area contributed by atoms with Gasteiger partial charge in [0.1, 0.15) is 11.6 Å². The molecule has 0 bridgehead atoms. The molecule has 0 heterocycles. The highest BCUT2D eigenvalue weighted by Crippen LogP contribution is 2.30. The number of methoxy groups -OCH3 is 1. The van der Waals surface area contributed by atoms with Gasteiger partial charge in [-0.3, -0.25) is 4.79 Å². The van der Waals surface area contributed by atoms with E-state index in [0.29, 0.717) is 21.9 Å². The van der Waals surface area contributed by atoms with Gasteiger partial charge in [0.2, 0.25) is 0 Å². The largest absolute Gasteiger partial charge is 0.493 e. The van der Waals surface area contributed by atoms with Gasteiger partial charge in [-0.15, -0.1) is 0 Å². The SMILES string of the molecule is COc1ccc(/C=C(\C#N)C(=O)Nc2cc(Cl)ccc2Cl)cc1OC(=O)c1ccccc1. The molecule has 0 radical (unpaired) electrons. The lowest BCUT2D eigenvalue weighted by molar-refractivity contribution is -0.112. The molecular weight excluding hydrogens is 451 g/mol. The van der Waals surface area contributed by atoms with E-state index >= 15 is 0 Å². The Balaban J connectivity index is 1.86. The lowest BCUT2D eigenvalue weighted by Gasteiger charge is -2.10. The van der Waals surface area contributed by atoms with Gasteiger partial charge in [-0.1, -0.05) is 47.5 Å². The Hall–Kier alpha value is -3.79. The Morgan fingerprint density at radius 2 is 1.75 bits per heavy atom. The molecule has 1 N–H and O–H groups in total. The summed E-state index contributed by atoms with van der Waals surface area (Å²) >= 11 is 12.0. The highest BCUT2D eigenvalue weighted by atomic mass is 35.5. The van der Waals surface area contributed by atoms with Crippen molar-refractivity contribution in [3.8, 4) is 17.6 Å². The molecule has 160 valence electrons. The van der Waals surface area contributed by atoms with E-state index in [0.717, 1.165) is 0 Å². The molecule has 6 nitrogen and oxygen atoms in total. The molecule has 8 heteroatoms. The van der Waals surface area contributed by atoms with Crippen LogP contribution in [0.3, 0.4) is 0 Å². The van der Waals surface area contributed by atoms with Crippen molar-refractivity contribution in [2.75, 3.05) is 12.4 Å². The van der Waals surface area contributed by atoms with Gasteiger partial charge in [0, 0.05) is 5.02 Å². The second-order valence-electron chi connectivity index (χ2n) is 6.41. The highest BCUT2D eigenvalue weighted by Gasteiger charge is 2.15. The number of hydrogen-bond acceptors (Lipinski definition) is 5. The molecule has 0 aliphatic carbocycles. The second kappa shape index (κ2) is 10.5. The molecule has 3 aromatic carbocycles. The van der Waals surface area contributed by atoms with Crippen LogP contribution in [0.4, 0.5) is 5.69 Å². The zero-order valence-electron chi connectivity index (χ0n) is 16.8. The van der Waals surface area contributed by atoms with Crippen LogP contribution in [0.15, 0.2) is 72.3 Å². The molecule has 3 rings (SSSR count). The van der Waals surface area contributed by atoms with Gasteiger partial charge in [0.05, 0.1) is 23.4 Å². The number of nitrogens with one attached hydrogen (secondary N) is 1. The Morgan fingerprint density at radius 3 is 2.44 bits per heavy atom. The summed E-state index contributed by atoms with van der Waals surface area (Å²) in [5, 5.41) is 12.7. The minimum absolute atomic E-state index is 0.144. The van der Waals surface area contributed by atoms with Gasteiger partial charge >= 0.3 is 5.97 Å². The summed E-state index contributed by atoms with van der Waals surface area (Å²) in [5.74, 6) is -0.778. The number of nitrogens with zero attached hydrogens (tertiary/aromatic N) is 1. The van der Waals surface area contributed by atoms with Crippen LogP contribution in [-0.4, -0.2) is 19.0 Å². The maximum atomic E-state index is 12.6. The van der Waals surface area contributed by atoms with Crippen molar-refractivity contribution in [1.82, 2.24) is 0 Å². The summed E-state index contributed by atoms with van der Waals surface area (Å²) in [4.78, 5) is 25.0. The lowest BCUT2D eigenvalue weighted by atomic mass is 10.1. The number of ether oxygens (including phenoxy) is 2. The third kappa shape index (κ3) is 5.67. The van der Waals surface area contributed by atoms with Crippen molar-refractivity contribution in [2.45, 2.75) is 0 Å². The number of carbonyl (C=O) groups excluding carboxylic acids is 2. The maximum Gasteiger partial charge on any atom is 0.343 e.